The fourth-order valence-electron chi connectivity index (χ4n) is 3.66. The molecule has 0 aliphatic heterocycles. The molecule has 0 saturated heterocycles. The fraction of sp³-hybridized carbons (Fsp3) is 0.333. The molecule has 0 fully saturated rings. The number of aryl methyl sites for hydroxylation is 1. The summed E-state index contributed by atoms with van der Waals surface area (Å²) in [7, 11) is 0. The SMILES string of the molecule is CCOc1cc(/N=N/c2ccc(N(CCO)CCO)cc2C)c(OCC)cc1/N=N/c1ccc([N+](=O)[O-])cc1. The number of anilines is 1. The molecule has 12 nitrogen and oxygen atoms in total. The number of nitrogens with zero attached hydrogens (tertiary/aromatic N) is 6. The van der Waals surface area contributed by atoms with E-state index < -0.39 is 4.92 Å². The molecule has 39 heavy (non-hydrogen) atoms. The number of hydrogen-bond donors (Lipinski definition) is 2. The van der Waals surface area contributed by atoms with Crippen LogP contribution in [0.2, 0.25) is 0 Å². The van der Waals surface area contributed by atoms with E-state index in [9.17, 15) is 20.3 Å². The highest BCUT2D eigenvalue weighted by Crippen LogP contribution is 2.41. The van der Waals surface area contributed by atoms with Gasteiger partial charge < -0.3 is 24.6 Å². The molecule has 0 aliphatic rings. The molecule has 0 spiro atoms. The maximum Gasteiger partial charge on any atom is 0.269 e. The minimum Gasteiger partial charge on any atom is -0.491 e. The molecular weight excluding hydrogens is 504 g/mol. The largest absolute Gasteiger partial charge is 0.491 e. The molecule has 206 valence electrons. The van der Waals surface area contributed by atoms with Gasteiger partial charge in [-0.25, -0.2) is 0 Å². The van der Waals surface area contributed by atoms with Gasteiger partial charge in [0, 0.05) is 43.0 Å². The molecule has 0 bridgehead atoms. The summed E-state index contributed by atoms with van der Waals surface area (Å²) in [5, 5.41) is 46.8. The van der Waals surface area contributed by atoms with Crippen molar-refractivity contribution in [2.45, 2.75) is 20.8 Å². The van der Waals surface area contributed by atoms with Crippen LogP contribution in [0.15, 0.2) is 75.1 Å². The number of ether oxygens (including phenoxy) is 2. The van der Waals surface area contributed by atoms with E-state index in [0.29, 0.717) is 60.6 Å². The first-order valence-electron chi connectivity index (χ1n) is 12.5. The van der Waals surface area contributed by atoms with Gasteiger partial charge >= 0.3 is 0 Å². The van der Waals surface area contributed by atoms with Crippen LogP contribution in [0, 0.1) is 17.0 Å². The number of hydrogen-bond acceptors (Lipinski definition) is 11. The molecule has 0 saturated carbocycles. The summed E-state index contributed by atoms with van der Waals surface area (Å²) in [4.78, 5) is 12.3. The van der Waals surface area contributed by atoms with Gasteiger partial charge in [-0.15, -0.1) is 10.2 Å². The Morgan fingerprint density at radius 2 is 1.33 bits per heavy atom. The second-order valence-electron chi connectivity index (χ2n) is 8.23. The second kappa shape index (κ2) is 14.5. The Kier molecular flexibility index (Phi) is 10.8. The Morgan fingerprint density at radius 1 is 0.795 bits per heavy atom. The van der Waals surface area contributed by atoms with Gasteiger partial charge in [-0.2, -0.15) is 10.2 Å². The Bertz CT molecular complexity index is 1310. The van der Waals surface area contributed by atoms with E-state index in [1.54, 1.807) is 12.1 Å². The zero-order chi connectivity index (χ0) is 28.2. The van der Waals surface area contributed by atoms with E-state index in [1.807, 2.05) is 43.9 Å². The molecule has 12 heteroatoms. The molecule has 3 aromatic carbocycles. The summed E-state index contributed by atoms with van der Waals surface area (Å²) in [6.07, 6.45) is 0. The standard InChI is InChI=1S/C27H32N6O6/c1-4-38-26-18-25(31-29-23-11-10-22(16-19(23)3)32(12-14-34)13-15-35)27(39-5-2)17-24(26)30-28-20-6-8-21(9-7-20)33(36)37/h6-11,16-18,34-35H,4-5,12-15H2,1-3H3/b30-28+,31-29+. The van der Waals surface area contributed by atoms with Crippen LogP contribution < -0.4 is 14.4 Å². The highest BCUT2D eigenvalue weighted by molar-refractivity contribution is 5.67. The first-order chi connectivity index (χ1) is 18.9. The van der Waals surface area contributed by atoms with Crippen LogP contribution >= 0.6 is 0 Å². The molecule has 0 unspecified atom stereocenters. The number of nitro benzene ring substituents is 1. The maximum absolute atomic E-state index is 10.9. The van der Waals surface area contributed by atoms with Gasteiger partial charge in [-0.1, -0.05) is 0 Å². The topological polar surface area (TPSA) is 155 Å². The first-order valence-corrected chi connectivity index (χ1v) is 12.5. The average molecular weight is 537 g/mol. The van der Waals surface area contributed by atoms with E-state index in [0.717, 1.165) is 11.3 Å². The molecule has 0 atom stereocenters. The van der Waals surface area contributed by atoms with Crippen LogP contribution in [0.1, 0.15) is 19.4 Å². The molecule has 0 radical (unpaired) electrons. The number of rotatable bonds is 14. The average Bonchev–Trinajstić information content (AvgIpc) is 2.93. The third-order valence-corrected chi connectivity index (χ3v) is 5.52. The number of benzene rings is 3. The van der Waals surface area contributed by atoms with Gasteiger partial charge in [0.05, 0.1) is 42.7 Å². The van der Waals surface area contributed by atoms with Gasteiger partial charge in [0.2, 0.25) is 0 Å². The second-order valence-corrected chi connectivity index (χ2v) is 8.23. The van der Waals surface area contributed by atoms with Crippen molar-refractivity contribution in [1.82, 2.24) is 0 Å². The zero-order valence-electron chi connectivity index (χ0n) is 22.1. The molecule has 0 heterocycles. The predicted octanol–water partition coefficient (Wildman–Crippen LogP) is 6.32. The van der Waals surface area contributed by atoms with Crippen molar-refractivity contribution in [2.75, 3.05) is 44.4 Å². The van der Waals surface area contributed by atoms with Crippen molar-refractivity contribution in [3.05, 3.63) is 70.3 Å². The van der Waals surface area contributed by atoms with Crippen molar-refractivity contribution >= 4 is 34.1 Å². The van der Waals surface area contributed by atoms with Crippen molar-refractivity contribution in [2.24, 2.45) is 20.5 Å². The van der Waals surface area contributed by atoms with Crippen LogP contribution in [0.5, 0.6) is 11.5 Å². The molecule has 0 amide bonds. The third kappa shape index (κ3) is 8.03. The van der Waals surface area contributed by atoms with Crippen LogP contribution in [-0.2, 0) is 0 Å². The number of aliphatic hydroxyl groups excluding tert-OH is 2. The van der Waals surface area contributed by atoms with Crippen LogP contribution in [0.4, 0.5) is 34.1 Å². The van der Waals surface area contributed by atoms with Crippen molar-refractivity contribution in [3.8, 4) is 11.5 Å². The smallest absolute Gasteiger partial charge is 0.269 e. The lowest BCUT2D eigenvalue weighted by molar-refractivity contribution is -0.384. The van der Waals surface area contributed by atoms with E-state index in [1.165, 1.54) is 24.3 Å². The highest BCUT2D eigenvalue weighted by Gasteiger charge is 2.14. The van der Waals surface area contributed by atoms with E-state index in [-0.39, 0.29) is 18.9 Å². The van der Waals surface area contributed by atoms with E-state index >= 15 is 0 Å². The van der Waals surface area contributed by atoms with Crippen LogP contribution in [0.3, 0.4) is 0 Å². The maximum atomic E-state index is 10.9. The molecule has 2 N–H and O–H groups in total. The highest BCUT2D eigenvalue weighted by atomic mass is 16.6. The molecule has 0 aromatic heterocycles. The number of nitro groups is 1. The fourth-order valence-corrected chi connectivity index (χ4v) is 3.66. The lowest BCUT2D eigenvalue weighted by Gasteiger charge is -2.23. The Morgan fingerprint density at radius 3 is 1.82 bits per heavy atom. The quantitative estimate of drug-likeness (QED) is 0.139. The summed E-state index contributed by atoms with van der Waals surface area (Å²) in [5.41, 5.74) is 3.65. The van der Waals surface area contributed by atoms with Crippen molar-refractivity contribution in [3.63, 3.8) is 0 Å². The summed E-state index contributed by atoms with van der Waals surface area (Å²) in [6.45, 7) is 7.14. The summed E-state index contributed by atoms with van der Waals surface area (Å²) < 4.78 is 11.6. The Labute approximate surface area is 226 Å². The summed E-state index contributed by atoms with van der Waals surface area (Å²) >= 11 is 0. The van der Waals surface area contributed by atoms with Gasteiger partial charge in [-0.3, -0.25) is 10.1 Å². The van der Waals surface area contributed by atoms with Gasteiger partial charge in [-0.05, 0) is 56.7 Å². The normalized spacial score (nSPS) is 11.3. The molecule has 0 aliphatic carbocycles. The molecule has 3 rings (SSSR count). The minimum absolute atomic E-state index is 0.0215. The summed E-state index contributed by atoms with van der Waals surface area (Å²) in [5.74, 6) is 0.866. The predicted molar refractivity (Wildman–Crippen MR) is 148 cm³/mol. The Hall–Kier alpha value is -4.42. The molecule has 3 aromatic rings. The Balaban J connectivity index is 1.92. The zero-order valence-corrected chi connectivity index (χ0v) is 22.1. The number of aliphatic hydroxyl groups is 2. The number of non-ortho nitro benzene ring substituents is 1. The van der Waals surface area contributed by atoms with Gasteiger partial charge in [0.15, 0.2) is 0 Å². The van der Waals surface area contributed by atoms with E-state index in [2.05, 4.69) is 20.5 Å². The lowest BCUT2D eigenvalue weighted by atomic mass is 10.1. The third-order valence-electron chi connectivity index (χ3n) is 5.52. The van der Waals surface area contributed by atoms with Gasteiger partial charge in [0.25, 0.3) is 5.69 Å². The summed E-state index contributed by atoms with van der Waals surface area (Å²) in [6, 6.07) is 14.7. The van der Waals surface area contributed by atoms with Crippen molar-refractivity contribution < 1.29 is 24.6 Å². The molecular formula is C27H32N6O6. The first kappa shape index (κ1) is 29.1. The van der Waals surface area contributed by atoms with Crippen molar-refractivity contribution in [1.29, 1.82) is 0 Å². The van der Waals surface area contributed by atoms with Crippen LogP contribution in [-0.4, -0.2) is 54.7 Å². The minimum atomic E-state index is -0.477. The number of azo groups is 2. The lowest BCUT2D eigenvalue weighted by Crippen LogP contribution is -2.29. The van der Waals surface area contributed by atoms with Crippen LogP contribution in [0.25, 0.3) is 0 Å². The van der Waals surface area contributed by atoms with Gasteiger partial charge in [0.1, 0.15) is 22.9 Å². The monoisotopic (exact) mass is 536 g/mol. The van der Waals surface area contributed by atoms with E-state index in [4.69, 9.17) is 9.47 Å².